The molecular formula is C16H17ClN2O4S. The van der Waals surface area contributed by atoms with Gasteiger partial charge in [0.25, 0.3) is 5.70 Å². The maximum absolute atomic E-state index is 11.7. The minimum absolute atomic E-state index is 0.00665. The van der Waals surface area contributed by atoms with Crippen LogP contribution in [0.4, 0.5) is 0 Å². The van der Waals surface area contributed by atoms with Crippen molar-refractivity contribution in [1.82, 2.24) is 5.32 Å². The Kier molecular flexibility index (Phi) is 5.93. The van der Waals surface area contributed by atoms with E-state index < -0.39 is 10.8 Å². The molecular weight excluding hydrogens is 352 g/mol. The number of thiocarbonyl (C=S) groups is 1. The van der Waals surface area contributed by atoms with Crippen LogP contribution in [-0.4, -0.2) is 28.3 Å². The van der Waals surface area contributed by atoms with Gasteiger partial charge in [0, 0.05) is 16.3 Å². The summed E-state index contributed by atoms with van der Waals surface area (Å²) in [4.78, 5) is 11.2. The van der Waals surface area contributed by atoms with Crippen LogP contribution in [0.15, 0.2) is 46.9 Å². The number of aliphatic hydroxyl groups excluding tert-OH is 1. The van der Waals surface area contributed by atoms with Crippen LogP contribution in [0, 0.1) is 10.1 Å². The SMILES string of the molecule is CC1=C(C(=S)OCCO)C(c2cccc(Cl)c2)C([N+](=O)[O-])=C(C)N1. The molecule has 1 heterocycles. The van der Waals surface area contributed by atoms with Gasteiger partial charge in [-0.3, -0.25) is 10.1 Å². The lowest BCUT2D eigenvalue weighted by Crippen LogP contribution is -2.31. The number of nitrogens with one attached hydrogen (secondary N) is 1. The lowest BCUT2D eigenvalue weighted by atomic mass is 9.84. The number of halogens is 1. The summed E-state index contributed by atoms with van der Waals surface area (Å²) in [6.07, 6.45) is 0. The van der Waals surface area contributed by atoms with E-state index in [1.165, 1.54) is 0 Å². The van der Waals surface area contributed by atoms with Crippen LogP contribution in [0.5, 0.6) is 0 Å². The number of benzene rings is 1. The lowest BCUT2D eigenvalue weighted by Gasteiger charge is -2.27. The number of ether oxygens (including phenoxy) is 1. The van der Waals surface area contributed by atoms with Crippen LogP contribution < -0.4 is 5.32 Å². The molecule has 1 aromatic rings. The fourth-order valence-electron chi connectivity index (χ4n) is 2.72. The molecule has 2 rings (SSSR count). The van der Waals surface area contributed by atoms with E-state index in [4.69, 9.17) is 33.7 Å². The van der Waals surface area contributed by atoms with Crippen molar-refractivity contribution < 1.29 is 14.8 Å². The second kappa shape index (κ2) is 7.74. The number of rotatable bonds is 5. The summed E-state index contributed by atoms with van der Waals surface area (Å²) >= 11 is 11.4. The number of allylic oxidation sites excluding steroid dienone is 3. The third-order valence-corrected chi connectivity index (χ3v) is 4.22. The second-order valence-corrected chi connectivity index (χ2v) is 6.09. The molecule has 1 aliphatic rings. The van der Waals surface area contributed by atoms with E-state index in [2.05, 4.69) is 5.32 Å². The summed E-state index contributed by atoms with van der Waals surface area (Å²) in [6, 6.07) is 6.87. The number of hydrogen-bond acceptors (Lipinski definition) is 6. The zero-order valence-electron chi connectivity index (χ0n) is 13.2. The van der Waals surface area contributed by atoms with E-state index in [9.17, 15) is 10.1 Å². The second-order valence-electron chi connectivity index (χ2n) is 5.28. The minimum Gasteiger partial charge on any atom is -0.481 e. The summed E-state index contributed by atoms with van der Waals surface area (Å²) in [7, 11) is 0. The van der Waals surface area contributed by atoms with Crippen molar-refractivity contribution >= 4 is 28.9 Å². The zero-order chi connectivity index (χ0) is 17.9. The van der Waals surface area contributed by atoms with Gasteiger partial charge in [0.15, 0.2) is 5.05 Å². The first-order chi connectivity index (χ1) is 11.4. The molecule has 0 saturated carbocycles. The fraction of sp³-hybridized carbons (Fsp3) is 0.312. The highest BCUT2D eigenvalue weighted by Crippen LogP contribution is 2.39. The molecule has 6 nitrogen and oxygen atoms in total. The molecule has 24 heavy (non-hydrogen) atoms. The molecule has 1 aliphatic heterocycles. The van der Waals surface area contributed by atoms with E-state index in [1.807, 2.05) is 0 Å². The molecule has 0 saturated heterocycles. The first-order valence-corrected chi connectivity index (χ1v) is 8.01. The van der Waals surface area contributed by atoms with E-state index >= 15 is 0 Å². The van der Waals surface area contributed by atoms with E-state index in [0.29, 0.717) is 27.6 Å². The Labute approximate surface area is 149 Å². The number of hydrogen-bond donors (Lipinski definition) is 2. The topological polar surface area (TPSA) is 84.6 Å². The van der Waals surface area contributed by atoms with E-state index in [1.54, 1.807) is 38.1 Å². The summed E-state index contributed by atoms with van der Waals surface area (Å²) in [5.41, 5.74) is 2.26. The lowest BCUT2D eigenvalue weighted by molar-refractivity contribution is -0.430. The Hall–Kier alpha value is -1.96. The standard InChI is InChI=1S/C16H17ClN2O4S/c1-9-13(16(24)23-7-6-20)14(11-4-3-5-12(17)8-11)15(19(21)22)10(2)18-9/h3-5,8,14,18,20H,6-7H2,1-2H3. The zero-order valence-corrected chi connectivity index (χ0v) is 14.8. The number of aliphatic hydroxyl groups is 1. The van der Waals surface area contributed by atoms with Crippen LogP contribution in [0.25, 0.3) is 0 Å². The normalized spacial score (nSPS) is 17.6. The van der Waals surface area contributed by atoms with Crippen LogP contribution in [0.1, 0.15) is 25.3 Å². The molecule has 8 heteroatoms. The van der Waals surface area contributed by atoms with Gasteiger partial charge in [0.1, 0.15) is 12.5 Å². The highest BCUT2D eigenvalue weighted by molar-refractivity contribution is 7.80. The van der Waals surface area contributed by atoms with Crippen LogP contribution in [0.2, 0.25) is 5.02 Å². The Morgan fingerprint density at radius 1 is 1.46 bits per heavy atom. The van der Waals surface area contributed by atoms with Crippen molar-refractivity contribution in [3.05, 3.63) is 67.6 Å². The first kappa shape index (κ1) is 18.4. The molecule has 0 aromatic heterocycles. The largest absolute Gasteiger partial charge is 0.481 e. The Morgan fingerprint density at radius 2 is 2.17 bits per heavy atom. The summed E-state index contributed by atoms with van der Waals surface area (Å²) in [6.45, 7) is 3.25. The molecule has 1 unspecified atom stereocenters. The van der Waals surface area contributed by atoms with Crippen molar-refractivity contribution in [2.45, 2.75) is 19.8 Å². The van der Waals surface area contributed by atoms with Crippen LogP contribution in [0.3, 0.4) is 0 Å². The molecule has 2 N–H and O–H groups in total. The molecule has 0 fully saturated rings. The predicted molar refractivity (Wildman–Crippen MR) is 95.4 cm³/mol. The molecule has 0 spiro atoms. The number of nitro groups is 1. The molecule has 128 valence electrons. The summed E-state index contributed by atoms with van der Waals surface area (Å²) in [5.74, 6) is -0.703. The Morgan fingerprint density at radius 3 is 2.75 bits per heavy atom. The van der Waals surface area contributed by atoms with Crippen molar-refractivity contribution in [1.29, 1.82) is 0 Å². The fourth-order valence-corrected chi connectivity index (χ4v) is 3.28. The van der Waals surface area contributed by atoms with Crippen molar-refractivity contribution in [3.8, 4) is 0 Å². The number of nitrogens with zero attached hydrogens (tertiary/aromatic N) is 1. The van der Waals surface area contributed by atoms with Crippen LogP contribution >= 0.6 is 23.8 Å². The van der Waals surface area contributed by atoms with Crippen molar-refractivity contribution in [2.24, 2.45) is 0 Å². The highest BCUT2D eigenvalue weighted by atomic mass is 35.5. The molecule has 0 radical (unpaired) electrons. The molecule has 0 aliphatic carbocycles. The van der Waals surface area contributed by atoms with E-state index in [0.717, 1.165) is 0 Å². The Balaban J connectivity index is 2.59. The van der Waals surface area contributed by atoms with Crippen molar-refractivity contribution in [2.75, 3.05) is 13.2 Å². The van der Waals surface area contributed by atoms with Gasteiger partial charge in [-0.1, -0.05) is 23.7 Å². The van der Waals surface area contributed by atoms with E-state index in [-0.39, 0.29) is 24.0 Å². The average Bonchev–Trinajstić information content (AvgIpc) is 2.51. The predicted octanol–water partition coefficient (Wildman–Crippen LogP) is 3.15. The third-order valence-electron chi connectivity index (χ3n) is 3.65. The van der Waals surface area contributed by atoms with Gasteiger partial charge in [-0.15, -0.1) is 0 Å². The summed E-state index contributed by atoms with van der Waals surface area (Å²) in [5, 5.41) is 24.2. The maximum atomic E-state index is 11.7. The number of dihydropyridines is 1. The Bertz CT molecular complexity index is 745. The first-order valence-electron chi connectivity index (χ1n) is 7.23. The smallest absolute Gasteiger partial charge is 0.276 e. The summed E-state index contributed by atoms with van der Waals surface area (Å²) < 4.78 is 5.35. The van der Waals surface area contributed by atoms with Crippen LogP contribution in [-0.2, 0) is 4.74 Å². The molecule has 0 bridgehead atoms. The van der Waals surface area contributed by atoms with Gasteiger partial charge in [-0.2, -0.15) is 0 Å². The minimum atomic E-state index is -0.703. The van der Waals surface area contributed by atoms with Gasteiger partial charge in [-0.05, 0) is 43.8 Å². The molecule has 1 aromatic carbocycles. The van der Waals surface area contributed by atoms with Gasteiger partial charge in [-0.25, -0.2) is 0 Å². The quantitative estimate of drug-likeness (QED) is 0.472. The van der Waals surface area contributed by atoms with Crippen molar-refractivity contribution in [3.63, 3.8) is 0 Å². The average molecular weight is 369 g/mol. The monoisotopic (exact) mass is 368 g/mol. The van der Waals surface area contributed by atoms with Gasteiger partial charge in [0.05, 0.1) is 17.2 Å². The van der Waals surface area contributed by atoms with Gasteiger partial charge in [0.2, 0.25) is 0 Å². The molecule has 1 atom stereocenters. The highest BCUT2D eigenvalue weighted by Gasteiger charge is 2.39. The maximum Gasteiger partial charge on any atom is 0.276 e. The van der Waals surface area contributed by atoms with Gasteiger partial charge < -0.3 is 15.2 Å². The third kappa shape index (κ3) is 3.75. The van der Waals surface area contributed by atoms with Gasteiger partial charge >= 0.3 is 0 Å². The molecule has 0 amide bonds.